The summed E-state index contributed by atoms with van der Waals surface area (Å²) in [4.78, 5) is 2.28. The average molecular weight is 332 g/mol. The predicted molar refractivity (Wildman–Crippen MR) is 89.9 cm³/mol. The van der Waals surface area contributed by atoms with Crippen molar-refractivity contribution in [2.75, 3.05) is 19.6 Å². The van der Waals surface area contributed by atoms with Crippen molar-refractivity contribution >= 4 is 0 Å². The molecule has 1 fully saturated rings. The smallest absolute Gasteiger partial charge is 0.166 e. The van der Waals surface area contributed by atoms with Gasteiger partial charge in [0.2, 0.25) is 0 Å². The van der Waals surface area contributed by atoms with Crippen molar-refractivity contribution in [2.24, 2.45) is 11.1 Å². The summed E-state index contributed by atoms with van der Waals surface area (Å²) in [5.41, 5.74) is 6.83. The molecule has 5 heteroatoms. The van der Waals surface area contributed by atoms with Crippen molar-refractivity contribution in [3.05, 3.63) is 59.7 Å². The molecule has 128 valence electrons. The van der Waals surface area contributed by atoms with Crippen LogP contribution in [0, 0.1) is 17.0 Å². The average Bonchev–Trinajstić information content (AvgIpc) is 2.94. The molecule has 0 bridgehead atoms. The minimum Gasteiger partial charge on any atom is -0.451 e. The molecule has 1 heterocycles. The molecule has 3 rings (SSSR count). The molecule has 0 radical (unpaired) electrons. The van der Waals surface area contributed by atoms with Gasteiger partial charge in [0.05, 0.1) is 0 Å². The van der Waals surface area contributed by atoms with E-state index < -0.39 is 11.6 Å². The summed E-state index contributed by atoms with van der Waals surface area (Å²) >= 11 is 0. The van der Waals surface area contributed by atoms with Gasteiger partial charge in [0.15, 0.2) is 23.1 Å². The van der Waals surface area contributed by atoms with E-state index in [0.29, 0.717) is 13.1 Å². The summed E-state index contributed by atoms with van der Waals surface area (Å²) in [6.45, 7) is 5.39. The molecule has 0 aromatic heterocycles. The Balaban J connectivity index is 1.68. The first-order valence-corrected chi connectivity index (χ1v) is 8.12. The number of para-hydroxylation sites is 1. The number of hydrogen-bond acceptors (Lipinski definition) is 3. The lowest BCUT2D eigenvalue weighted by molar-refractivity contribution is 0.274. The van der Waals surface area contributed by atoms with E-state index in [-0.39, 0.29) is 16.9 Å². The van der Waals surface area contributed by atoms with Crippen molar-refractivity contribution in [1.29, 1.82) is 0 Å². The van der Waals surface area contributed by atoms with Gasteiger partial charge in [-0.1, -0.05) is 25.1 Å². The second-order valence-electron chi connectivity index (χ2n) is 6.77. The van der Waals surface area contributed by atoms with Crippen LogP contribution >= 0.6 is 0 Å². The molecule has 1 aliphatic heterocycles. The van der Waals surface area contributed by atoms with E-state index in [0.717, 1.165) is 25.1 Å². The van der Waals surface area contributed by atoms with Crippen molar-refractivity contribution < 1.29 is 13.5 Å². The highest BCUT2D eigenvalue weighted by atomic mass is 19.1. The van der Waals surface area contributed by atoms with Crippen LogP contribution in [-0.2, 0) is 6.54 Å². The molecule has 0 spiro atoms. The number of hydrogen-bond donors (Lipinski definition) is 1. The third kappa shape index (κ3) is 3.74. The molecular formula is C19H22F2N2O. The Labute approximate surface area is 141 Å². The first-order valence-electron chi connectivity index (χ1n) is 8.12. The van der Waals surface area contributed by atoms with Gasteiger partial charge in [-0.3, -0.25) is 4.90 Å². The zero-order valence-corrected chi connectivity index (χ0v) is 13.8. The van der Waals surface area contributed by atoms with E-state index in [1.807, 2.05) is 6.07 Å². The fourth-order valence-electron chi connectivity index (χ4n) is 3.06. The Bertz CT molecular complexity index is 722. The van der Waals surface area contributed by atoms with Crippen molar-refractivity contribution in [1.82, 2.24) is 4.90 Å². The third-order valence-electron chi connectivity index (χ3n) is 4.59. The highest BCUT2D eigenvalue weighted by molar-refractivity contribution is 5.35. The van der Waals surface area contributed by atoms with Crippen LogP contribution in [0.2, 0.25) is 0 Å². The predicted octanol–water partition coefficient (Wildman–Crippen LogP) is 3.93. The Hall–Kier alpha value is -1.98. The topological polar surface area (TPSA) is 38.5 Å². The lowest BCUT2D eigenvalue weighted by Gasteiger charge is -2.22. The first-order chi connectivity index (χ1) is 11.5. The number of rotatable bonds is 5. The molecule has 2 aromatic rings. The van der Waals surface area contributed by atoms with Crippen LogP contribution in [0.4, 0.5) is 8.78 Å². The van der Waals surface area contributed by atoms with Crippen LogP contribution in [0.5, 0.6) is 11.5 Å². The number of halogens is 2. The van der Waals surface area contributed by atoms with Gasteiger partial charge in [-0.05, 0) is 54.8 Å². The number of benzene rings is 2. The molecular weight excluding hydrogens is 310 g/mol. The molecule has 0 amide bonds. The summed E-state index contributed by atoms with van der Waals surface area (Å²) < 4.78 is 33.2. The van der Waals surface area contributed by atoms with Gasteiger partial charge in [-0.15, -0.1) is 0 Å². The van der Waals surface area contributed by atoms with Gasteiger partial charge in [0.25, 0.3) is 0 Å². The van der Waals surface area contributed by atoms with E-state index in [9.17, 15) is 8.78 Å². The Morgan fingerprint density at radius 3 is 2.54 bits per heavy atom. The van der Waals surface area contributed by atoms with Crippen molar-refractivity contribution in [3.8, 4) is 11.5 Å². The summed E-state index contributed by atoms with van der Waals surface area (Å²) in [6.07, 6.45) is 1.06. The van der Waals surface area contributed by atoms with Gasteiger partial charge < -0.3 is 10.5 Å². The Kier molecular flexibility index (Phi) is 4.83. The lowest BCUT2D eigenvalue weighted by Crippen LogP contribution is -2.31. The standard InChI is InChI=1S/C19H22F2N2O/c1-19(12-22)8-9-23(13-19)11-14-6-7-18(16(21)10-14)24-17-5-3-2-4-15(17)20/h2-7,10H,8-9,11-13,22H2,1H3. The van der Waals surface area contributed by atoms with Crippen molar-refractivity contribution in [3.63, 3.8) is 0 Å². The lowest BCUT2D eigenvalue weighted by atomic mass is 9.90. The van der Waals surface area contributed by atoms with Gasteiger partial charge in [-0.25, -0.2) is 8.78 Å². The van der Waals surface area contributed by atoms with Crippen molar-refractivity contribution in [2.45, 2.75) is 19.9 Å². The largest absolute Gasteiger partial charge is 0.451 e. The maximum Gasteiger partial charge on any atom is 0.166 e. The van der Waals surface area contributed by atoms with E-state index in [1.54, 1.807) is 18.2 Å². The van der Waals surface area contributed by atoms with E-state index in [4.69, 9.17) is 10.5 Å². The van der Waals surface area contributed by atoms with Gasteiger partial charge >= 0.3 is 0 Å². The minimum absolute atomic E-state index is 0.0161. The fourth-order valence-corrected chi connectivity index (χ4v) is 3.06. The van der Waals surface area contributed by atoms with Crippen LogP contribution in [0.25, 0.3) is 0 Å². The van der Waals surface area contributed by atoms with Crippen LogP contribution in [0.3, 0.4) is 0 Å². The normalized spacial score (nSPS) is 21.2. The monoisotopic (exact) mass is 332 g/mol. The minimum atomic E-state index is -0.515. The number of nitrogens with two attached hydrogens (primary N) is 1. The SMILES string of the molecule is CC1(CN)CCN(Cc2ccc(Oc3ccccc3F)c(F)c2)C1. The molecule has 1 unspecified atom stereocenters. The zero-order chi connectivity index (χ0) is 17.2. The van der Waals surface area contributed by atoms with E-state index in [2.05, 4.69) is 11.8 Å². The van der Waals surface area contributed by atoms with Crippen LogP contribution in [0.1, 0.15) is 18.9 Å². The number of likely N-dealkylation sites (tertiary alicyclic amines) is 1. The molecule has 1 aliphatic rings. The molecule has 2 N–H and O–H groups in total. The maximum absolute atomic E-state index is 14.3. The molecule has 1 saturated heterocycles. The highest BCUT2D eigenvalue weighted by Gasteiger charge is 2.32. The Morgan fingerprint density at radius 2 is 1.88 bits per heavy atom. The summed E-state index contributed by atoms with van der Waals surface area (Å²) in [5.74, 6) is -0.963. The molecule has 24 heavy (non-hydrogen) atoms. The zero-order valence-electron chi connectivity index (χ0n) is 13.8. The van der Waals surface area contributed by atoms with Gasteiger partial charge in [-0.2, -0.15) is 0 Å². The Morgan fingerprint density at radius 1 is 1.12 bits per heavy atom. The second kappa shape index (κ2) is 6.87. The van der Waals surface area contributed by atoms with E-state index >= 15 is 0 Å². The maximum atomic E-state index is 14.3. The van der Waals surface area contributed by atoms with Gasteiger partial charge in [0, 0.05) is 13.1 Å². The van der Waals surface area contributed by atoms with Gasteiger partial charge in [0.1, 0.15) is 0 Å². The van der Waals surface area contributed by atoms with Crippen LogP contribution in [-0.4, -0.2) is 24.5 Å². The van der Waals surface area contributed by atoms with Crippen LogP contribution in [0.15, 0.2) is 42.5 Å². The summed E-state index contributed by atoms with van der Waals surface area (Å²) in [6, 6.07) is 10.8. The molecule has 2 aromatic carbocycles. The summed E-state index contributed by atoms with van der Waals surface area (Å²) in [5, 5.41) is 0. The third-order valence-corrected chi connectivity index (χ3v) is 4.59. The van der Waals surface area contributed by atoms with E-state index in [1.165, 1.54) is 18.2 Å². The molecule has 0 saturated carbocycles. The fraction of sp³-hybridized carbons (Fsp3) is 0.368. The number of nitrogens with zero attached hydrogens (tertiary/aromatic N) is 1. The highest BCUT2D eigenvalue weighted by Crippen LogP contribution is 2.31. The molecule has 1 atom stereocenters. The molecule has 3 nitrogen and oxygen atoms in total. The first kappa shape index (κ1) is 16.9. The van der Waals surface area contributed by atoms with Crippen LogP contribution < -0.4 is 10.5 Å². The second-order valence-corrected chi connectivity index (χ2v) is 6.77. The quantitative estimate of drug-likeness (QED) is 0.902. The molecule has 0 aliphatic carbocycles. The summed E-state index contributed by atoms with van der Waals surface area (Å²) in [7, 11) is 0. The number of ether oxygens (including phenoxy) is 1.